The van der Waals surface area contributed by atoms with Gasteiger partial charge in [0.2, 0.25) is 5.82 Å². The normalized spacial score (nSPS) is 11.6. The van der Waals surface area contributed by atoms with Gasteiger partial charge < -0.3 is 5.73 Å². The first-order chi connectivity index (χ1) is 8.86. The predicted octanol–water partition coefficient (Wildman–Crippen LogP) is 3.37. The maximum atomic E-state index is 13.4. The van der Waals surface area contributed by atoms with Crippen molar-refractivity contribution in [3.63, 3.8) is 0 Å². The van der Waals surface area contributed by atoms with Gasteiger partial charge >= 0.3 is 6.18 Å². The minimum atomic E-state index is -4.69. The van der Waals surface area contributed by atoms with Gasteiger partial charge in [0.25, 0.3) is 0 Å². The Balaban J connectivity index is 2.36. The molecule has 100 valence electrons. The maximum Gasteiger partial charge on any atom is 0.451 e. The van der Waals surface area contributed by atoms with Gasteiger partial charge in [0.05, 0.1) is 0 Å². The highest BCUT2D eigenvalue weighted by molar-refractivity contribution is 7.99. The van der Waals surface area contributed by atoms with Gasteiger partial charge in [-0.15, -0.1) is 0 Å². The van der Waals surface area contributed by atoms with Gasteiger partial charge in [0.15, 0.2) is 0 Å². The molecule has 0 atom stereocenters. The third-order valence-electron chi connectivity index (χ3n) is 2.03. The van der Waals surface area contributed by atoms with Crippen LogP contribution in [0.25, 0.3) is 0 Å². The molecule has 0 aliphatic heterocycles. The Morgan fingerprint density at radius 1 is 1.11 bits per heavy atom. The van der Waals surface area contributed by atoms with Crippen molar-refractivity contribution >= 4 is 17.6 Å². The number of halogens is 4. The minimum Gasteiger partial charge on any atom is -0.384 e. The number of alkyl halides is 3. The Kier molecular flexibility index (Phi) is 3.61. The van der Waals surface area contributed by atoms with Crippen molar-refractivity contribution in [2.45, 2.75) is 16.1 Å². The van der Waals surface area contributed by atoms with E-state index in [-0.39, 0.29) is 15.7 Å². The van der Waals surface area contributed by atoms with Crippen molar-refractivity contribution in [1.82, 2.24) is 9.97 Å². The molecule has 2 N–H and O–H groups in total. The molecule has 0 aliphatic rings. The van der Waals surface area contributed by atoms with Gasteiger partial charge in [-0.05, 0) is 12.1 Å². The second kappa shape index (κ2) is 5.04. The quantitative estimate of drug-likeness (QED) is 0.680. The van der Waals surface area contributed by atoms with Crippen molar-refractivity contribution < 1.29 is 17.6 Å². The van der Waals surface area contributed by atoms with Crippen LogP contribution in [0.5, 0.6) is 0 Å². The van der Waals surface area contributed by atoms with E-state index in [0.717, 1.165) is 17.8 Å². The van der Waals surface area contributed by atoms with Crippen molar-refractivity contribution in [3.8, 4) is 0 Å². The van der Waals surface area contributed by atoms with Gasteiger partial charge in [0, 0.05) is 11.0 Å². The Bertz CT molecular complexity index is 601. The molecule has 8 heteroatoms. The molecule has 2 rings (SSSR count). The van der Waals surface area contributed by atoms with Gasteiger partial charge in [-0.3, -0.25) is 0 Å². The molecule has 0 aliphatic carbocycles. The highest BCUT2D eigenvalue weighted by Gasteiger charge is 2.35. The summed E-state index contributed by atoms with van der Waals surface area (Å²) in [4.78, 5) is 6.59. The van der Waals surface area contributed by atoms with E-state index in [1.165, 1.54) is 18.2 Å². The van der Waals surface area contributed by atoms with Crippen LogP contribution in [0.3, 0.4) is 0 Å². The van der Waals surface area contributed by atoms with E-state index in [1.807, 2.05) is 0 Å². The topological polar surface area (TPSA) is 51.8 Å². The summed E-state index contributed by atoms with van der Waals surface area (Å²) in [6.07, 6.45) is -4.69. The van der Waals surface area contributed by atoms with Gasteiger partial charge in [0.1, 0.15) is 16.7 Å². The molecule has 0 spiro atoms. The SMILES string of the molecule is Nc1cc(Sc2ccccc2F)nc(C(F)(F)F)n1. The molecule has 1 aromatic carbocycles. The molecular formula is C11H7F4N3S. The molecule has 0 bridgehead atoms. The monoisotopic (exact) mass is 289 g/mol. The maximum absolute atomic E-state index is 13.4. The smallest absolute Gasteiger partial charge is 0.384 e. The summed E-state index contributed by atoms with van der Waals surface area (Å²) in [5.41, 5.74) is 5.29. The lowest BCUT2D eigenvalue weighted by Crippen LogP contribution is -2.12. The van der Waals surface area contributed by atoms with Crippen molar-refractivity contribution in [3.05, 3.63) is 42.0 Å². The van der Waals surface area contributed by atoms with Gasteiger partial charge in [-0.2, -0.15) is 13.2 Å². The highest BCUT2D eigenvalue weighted by atomic mass is 32.2. The largest absolute Gasteiger partial charge is 0.451 e. The number of nitrogens with two attached hydrogens (primary N) is 1. The highest BCUT2D eigenvalue weighted by Crippen LogP contribution is 2.32. The summed E-state index contributed by atoms with van der Waals surface area (Å²) in [5, 5.41) is -0.0649. The van der Waals surface area contributed by atoms with E-state index in [0.29, 0.717) is 0 Å². The zero-order chi connectivity index (χ0) is 14.0. The number of nitrogens with zero attached hydrogens (tertiary/aromatic N) is 2. The Morgan fingerprint density at radius 2 is 1.79 bits per heavy atom. The molecule has 1 heterocycles. The number of rotatable bonds is 2. The van der Waals surface area contributed by atoms with E-state index in [9.17, 15) is 17.6 Å². The summed E-state index contributed by atoms with van der Waals surface area (Å²) >= 11 is 0.753. The first kappa shape index (κ1) is 13.6. The minimum absolute atomic E-state index is 0.0649. The first-order valence-corrected chi connectivity index (χ1v) is 5.82. The Morgan fingerprint density at radius 3 is 2.42 bits per heavy atom. The molecule has 0 saturated heterocycles. The van der Waals surface area contributed by atoms with Crippen LogP contribution in [-0.2, 0) is 6.18 Å². The summed E-state index contributed by atoms with van der Waals surface area (Å²) in [7, 11) is 0. The number of hydrogen-bond acceptors (Lipinski definition) is 4. The average molecular weight is 289 g/mol. The number of aromatic nitrogens is 2. The molecule has 2 aromatic rings. The Hall–Kier alpha value is -1.83. The number of benzene rings is 1. The van der Waals surface area contributed by atoms with Crippen molar-refractivity contribution in [2.75, 3.05) is 5.73 Å². The molecular weight excluding hydrogens is 282 g/mol. The first-order valence-electron chi connectivity index (χ1n) is 5.00. The second-order valence-electron chi connectivity index (χ2n) is 3.48. The number of nitrogen functional groups attached to an aromatic ring is 1. The van der Waals surface area contributed by atoms with Crippen LogP contribution in [0.1, 0.15) is 5.82 Å². The zero-order valence-electron chi connectivity index (χ0n) is 9.28. The fraction of sp³-hybridized carbons (Fsp3) is 0.0909. The fourth-order valence-electron chi connectivity index (χ4n) is 1.26. The van der Waals surface area contributed by atoms with E-state index >= 15 is 0 Å². The van der Waals surface area contributed by atoms with E-state index in [4.69, 9.17) is 5.73 Å². The summed E-state index contributed by atoms with van der Waals surface area (Å²) in [6, 6.07) is 6.85. The molecule has 3 nitrogen and oxygen atoms in total. The molecule has 0 fully saturated rings. The third-order valence-corrected chi connectivity index (χ3v) is 3.00. The predicted molar refractivity (Wildman–Crippen MR) is 62.0 cm³/mol. The van der Waals surface area contributed by atoms with E-state index in [2.05, 4.69) is 9.97 Å². The van der Waals surface area contributed by atoms with E-state index in [1.54, 1.807) is 6.07 Å². The average Bonchev–Trinajstić information content (AvgIpc) is 2.30. The van der Waals surface area contributed by atoms with Crippen LogP contribution in [0.2, 0.25) is 0 Å². The second-order valence-corrected chi connectivity index (χ2v) is 4.55. The number of anilines is 1. The fourth-order valence-corrected chi connectivity index (χ4v) is 2.11. The lowest BCUT2D eigenvalue weighted by Gasteiger charge is -2.08. The van der Waals surface area contributed by atoms with Crippen LogP contribution in [0.4, 0.5) is 23.4 Å². The van der Waals surface area contributed by atoms with Crippen LogP contribution in [0.15, 0.2) is 40.3 Å². The Labute approximate surface area is 109 Å². The molecule has 0 unspecified atom stereocenters. The standard InChI is InChI=1S/C11H7F4N3S/c12-6-3-1-2-4-7(6)19-9-5-8(16)17-10(18-9)11(13,14)15/h1-5H,(H2,16,17,18). The lowest BCUT2D eigenvalue weighted by molar-refractivity contribution is -0.145. The van der Waals surface area contributed by atoms with Crippen molar-refractivity contribution in [1.29, 1.82) is 0 Å². The van der Waals surface area contributed by atoms with Crippen LogP contribution < -0.4 is 5.73 Å². The molecule has 0 saturated carbocycles. The molecule has 19 heavy (non-hydrogen) atoms. The van der Waals surface area contributed by atoms with Crippen LogP contribution in [-0.4, -0.2) is 9.97 Å². The van der Waals surface area contributed by atoms with Gasteiger partial charge in [-0.25, -0.2) is 14.4 Å². The lowest BCUT2D eigenvalue weighted by atomic mass is 10.3. The summed E-state index contributed by atoms with van der Waals surface area (Å²) in [5.74, 6) is -2.20. The third kappa shape index (κ3) is 3.34. The zero-order valence-corrected chi connectivity index (χ0v) is 10.1. The number of hydrogen-bond donors (Lipinski definition) is 1. The van der Waals surface area contributed by atoms with Crippen LogP contribution in [0, 0.1) is 5.82 Å². The van der Waals surface area contributed by atoms with Crippen molar-refractivity contribution in [2.24, 2.45) is 0 Å². The van der Waals surface area contributed by atoms with Gasteiger partial charge in [-0.1, -0.05) is 23.9 Å². The summed E-state index contributed by atoms with van der Waals surface area (Å²) < 4.78 is 50.9. The summed E-state index contributed by atoms with van der Waals surface area (Å²) in [6.45, 7) is 0. The molecule has 0 amide bonds. The van der Waals surface area contributed by atoms with E-state index < -0.39 is 17.8 Å². The molecule has 1 aromatic heterocycles. The molecule has 0 radical (unpaired) electrons. The van der Waals surface area contributed by atoms with Crippen LogP contribution >= 0.6 is 11.8 Å².